The molecule has 0 aliphatic heterocycles. The van der Waals surface area contributed by atoms with Crippen LogP contribution in [0.5, 0.6) is 0 Å². The number of halogens is 6. The van der Waals surface area contributed by atoms with Gasteiger partial charge in [0.05, 0.1) is 0 Å². The summed E-state index contributed by atoms with van der Waals surface area (Å²) in [4.78, 5) is 0. The maximum absolute atomic E-state index is 14.8. The van der Waals surface area contributed by atoms with E-state index in [2.05, 4.69) is 0 Å². The molecule has 1 aliphatic rings. The maximum atomic E-state index is 14.8. The van der Waals surface area contributed by atoms with Crippen LogP contribution in [-0.4, -0.2) is 0 Å². The van der Waals surface area contributed by atoms with Gasteiger partial charge in [-0.1, -0.05) is 55.5 Å². The Morgan fingerprint density at radius 2 is 1.31 bits per heavy atom. The quantitative estimate of drug-likeness (QED) is 0.314. The van der Waals surface area contributed by atoms with Crippen LogP contribution in [0.3, 0.4) is 0 Å². The molecular formula is C29H26F6. The van der Waals surface area contributed by atoms with Crippen molar-refractivity contribution in [3.63, 3.8) is 0 Å². The highest BCUT2D eigenvalue weighted by atomic mass is 19.2. The summed E-state index contributed by atoms with van der Waals surface area (Å²) in [7, 11) is 0. The molecule has 0 N–H and O–H groups in total. The first-order valence-corrected chi connectivity index (χ1v) is 11.8. The molecule has 0 radical (unpaired) electrons. The molecule has 0 amide bonds. The Morgan fingerprint density at radius 1 is 0.686 bits per heavy atom. The number of allylic oxidation sites excluding steroid dienone is 1. The van der Waals surface area contributed by atoms with Gasteiger partial charge in [0.2, 0.25) is 0 Å². The third kappa shape index (κ3) is 4.89. The van der Waals surface area contributed by atoms with Crippen molar-refractivity contribution in [1.29, 1.82) is 0 Å². The van der Waals surface area contributed by atoms with Crippen molar-refractivity contribution in [3.05, 3.63) is 99.6 Å². The van der Waals surface area contributed by atoms with Crippen molar-refractivity contribution in [2.45, 2.75) is 51.9 Å². The molecule has 6 heteroatoms. The molecule has 0 saturated heterocycles. The lowest BCUT2D eigenvalue weighted by atomic mass is 9.78. The van der Waals surface area contributed by atoms with Crippen LogP contribution in [0, 0.1) is 47.7 Å². The van der Waals surface area contributed by atoms with Crippen LogP contribution in [-0.2, 0) is 6.42 Å². The monoisotopic (exact) mass is 488 g/mol. The molecule has 0 bridgehead atoms. The van der Waals surface area contributed by atoms with E-state index >= 15 is 0 Å². The zero-order chi connectivity index (χ0) is 25.3. The molecule has 1 aliphatic carbocycles. The predicted octanol–water partition coefficient (Wildman–Crippen LogP) is 9.05. The Morgan fingerprint density at radius 3 is 1.97 bits per heavy atom. The molecule has 4 rings (SSSR count). The van der Waals surface area contributed by atoms with Crippen molar-refractivity contribution in [3.8, 4) is 11.1 Å². The molecule has 3 aromatic rings. The van der Waals surface area contributed by atoms with E-state index in [-0.39, 0.29) is 46.1 Å². The van der Waals surface area contributed by atoms with Crippen molar-refractivity contribution in [2.24, 2.45) is 5.92 Å². The second kappa shape index (κ2) is 10.3. The second-order valence-corrected chi connectivity index (χ2v) is 9.15. The van der Waals surface area contributed by atoms with Crippen LogP contribution < -0.4 is 0 Å². The summed E-state index contributed by atoms with van der Waals surface area (Å²) in [5.74, 6) is -6.24. The Bertz CT molecular complexity index is 1270. The summed E-state index contributed by atoms with van der Waals surface area (Å²) in [6.45, 7) is 3.20. The summed E-state index contributed by atoms with van der Waals surface area (Å²) >= 11 is 0. The van der Waals surface area contributed by atoms with E-state index in [1.165, 1.54) is 37.3 Å². The van der Waals surface area contributed by atoms with Crippen LogP contribution >= 0.6 is 0 Å². The van der Waals surface area contributed by atoms with Gasteiger partial charge in [0.15, 0.2) is 34.9 Å². The lowest BCUT2D eigenvalue weighted by Gasteiger charge is -2.27. The Balaban J connectivity index is 1.48. The zero-order valence-electron chi connectivity index (χ0n) is 19.6. The van der Waals surface area contributed by atoms with Gasteiger partial charge in [-0.3, -0.25) is 0 Å². The van der Waals surface area contributed by atoms with Crippen molar-refractivity contribution in [2.75, 3.05) is 0 Å². The first-order chi connectivity index (χ1) is 16.7. The topological polar surface area (TPSA) is 0 Å². The minimum absolute atomic E-state index is 0.00563. The normalized spacial score (nSPS) is 18.4. The summed E-state index contributed by atoms with van der Waals surface area (Å²) in [5, 5.41) is 0. The van der Waals surface area contributed by atoms with E-state index in [1.807, 2.05) is 0 Å². The van der Waals surface area contributed by atoms with E-state index in [9.17, 15) is 26.3 Å². The number of hydrogen-bond acceptors (Lipinski definition) is 0. The summed E-state index contributed by atoms with van der Waals surface area (Å²) < 4.78 is 86.4. The van der Waals surface area contributed by atoms with Crippen molar-refractivity contribution in [1.82, 2.24) is 0 Å². The van der Waals surface area contributed by atoms with Crippen LogP contribution in [0.15, 0.2) is 42.5 Å². The van der Waals surface area contributed by atoms with Crippen LogP contribution in [0.1, 0.15) is 60.8 Å². The Hall–Kier alpha value is -3.02. The third-order valence-corrected chi connectivity index (χ3v) is 7.01. The molecule has 184 valence electrons. The fourth-order valence-corrected chi connectivity index (χ4v) is 4.81. The molecular weight excluding hydrogens is 462 g/mol. The predicted molar refractivity (Wildman–Crippen MR) is 126 cm³/mol. The average molecular weight is 489 g/mol. The first kappa shape index (κ1) is 25.1. The number of hydrogen-bond donors (Lipinski definition) is 0. The van der Waals surface area contributed by atoms with Gasteiger partial charge >= 0.3 is 0 Å². The van der Waals surface area contributed by atoms with Gasteiger partial charge in [-0.25, -0.2) is 26.3 Å². The molecule has 0 aromatic heterocycles. The number of rotatable bonds is 5. The highest BCUT2D eigenvalue weighted by Gasteiger charge is 2.25. The largest absolute Gasteiger partial charge is 0.203 e. The van der Waals surface area contributed by atoms with Gasteiger partial charge in [0, 0.05) is 16.7 Å². The fraction of sp³-hybridized carbons (Fsp3) is 0.310. The van der Waals surface area contributed by atoms with Gasteiger partial charge < -0.3 is 0 Å². The van der Waals surface area contributed by atoms with Crippen LogP contribution in [0.25, 0.3) is 17.2 Å². The van der Waals surface area contributed by atoms with Crippen molar-refractivity contribution < 1.29 is 26.3 Å². The van der Waals surface area contributed by atoms with Crippen LogP contribution in [0.4, 0.5) is 26.3 Å². The summed E-state index contributed by atoms with van der Waals surface area (Å²) in [6, 6.07) is 8.43. The van der Waals surface area contributed by atoms with E-state index < -0.39 is 34.9 Å². The van der Waals surface area contributed by atoms with Gasteiger partial charge in [-0.2, -0.15) is 0 Å². The molecule has 1 saturated carbocycles. The zero-order valence-corrected chi connectivity index (χ0v) is 19.6. The number of benzene rings is 3. The fourth-order valence-electron chi connectivity index (χ4n) is 4.81. The minimum atomic E-state index is -1.24. The highest BCUT2D eigenvalue weighted by Crippen LogP contribution is 2.38. The Labute approximate surface area is 201 Å². The molecule has 0 heterocycles. The molecule has 0 atom stereocenters. The van der Waals surface area contributed by atoms with Gasteiger partial charge in [-0.05, 0) is 67.6 Å². The van der Waals surface area contributed by atoms with E-state index in [0.29, 0.717) is 31.2 Å². The lowest BCUT2D eigenvalue weighted by Crippen LogP contribution is -2.13. The molecule has 0 spiro atoms. The van der Waals surface area contributed by atoms with Crippen LogP contribution in [0.2, 0.25) is 0 Å². The van der Waals surface area contributed by atoms with E-state index in [0.717, 1.165) is 0 Å². The van der Waals surface area contributed by atoms with Crippen molar-refractivity contribution >= 4 is 6.08 Å². The minimum Gasteiger partial charge on any atom is -0.203 e. The standard InChI is InChI=1S/C29H26F6/c1-3-18-11-14-22(28(34)25(18)31)23-15-12-20(26(32)29(23)35)10-7-17-5-8-19(9-6-17)21-13-4-16(2)24(30)27(21)33/h4,7,10-15,17,19H,3,5-6,8-9H2,1-2H3/b10-7+. The maximum Gasteiger partial charge on any atom is 0.167 e. The lowest BCUT2D eigenvalue weighted by molar-refractivity contribution is 0.364. The molecule has 35 heavy (non-hydrogen) atoms. The smallest absolute Gasteiger partial charge is 0.167 e. The molecule has 3 aromatic carbocycles. The highest BCUT2D eigenvalue weighted by molar-refractivity contribution is 5.68. The second-order valence-electron chi connectivity index (χ2n) is 9.15. The SMILES string of the molecule is CCc1ccc(-c2ccc(/C=C/C3CCC(c4ccc(C)c(F)c4F)CC3)c(F)c2F)c(F)c1F. The van der Waals surface area contributed by atoms with Gasteiger partial charge in [0.25, 0.3) is 0 Å². The molecule has 0 unspecified atom stereocenters. The molecule has 0 nitrogen and oxygen atoms in total. The first-order valence-electron chi connectivity index (χ1n) is 11.8. The van der Waals surface area contributed by atoms with E-state index in [4.69, 9.17) is 0 Å². The van der Waals surface area contributed by atoms with Gasteiger partial charge in [0.1, 0.15) is 0 Å². The average Bonchev–Trinajstić information content (AvgIpc) is 2.86. The summed E-state index contributed by atoms with van der Waals surface area (Å²) in [5.41, 5.74) is 0.155. The van der Waals surface area contributed by atoms with E-state index in [1.54, 1.807) is 25.1 Å². The molecule has 1 fully saturated rings. The summed E-state index contributed by atoms with van der Waals surface area (Å²) in [6.07, 6.45) is 6.26. The Kier molecular flexibility index (Phi) is 7.39. The van der Waals surface area contributed by atoms with Gasteiger partial charge in [-0.15, -0.1) is 0 Å². The number of aryl methyl sites for hydroxylation is 2. The third-order valence-electron chi connectivity index (χ3n) is 7.01.